The number of ketones is 1. The molecule has 0 spiro atoms. The smallest absolute Gasteiger partial charge is 0.489 e. The van der Waals surface area contributed by atoms with Crippen molar-refractivity contribution < 1.29 is 35.0 Å². The standard InChI is InChI=1S/C7H14N6O7/c1-3-5(11(18)8-15)6(14)7(4-2,12(19)9-16)13(20)10-17/h5,15-17H,3-4H2,1-2H3. The zero-order valence-corrected chi connectivity index (χ0v) is 10.6. The molecule has 0 bridgehead atoms. The van der Waals surface area contributed by atoms with E-state index >= 15 is 0 Å². The van der Waals surface area contributed by atoms with Gasteiger partial charge >= 0.3 is 11.4 Å². The van der Waals surface area contributed by atoms with Crippen LogP contribution in [0.3, 0.4) is 0 Å². The van der Waals surface area contributed by atoms with Crippen LogP contribution in [0.25, 0.3) is 0 Å². The van der Waals surface area contributed by atoms with Crippen LogP contribution in [0.5, 0.6) is 0 Å². The van der Waals surface area contributed by atoms with Crippen molar-refractivity contribution in [2.75, 3.05) is 0 Å². The monoisotopic (exact) mass is 294 g/mol. The maximum absolute atomic E-state index is 12.2. The molecule has 13 nitrogen and oxygen atoms in total. The van der Waals surface area contributed by atoms with Crippen LogP contribution in [0.2, 0.25) is 0 Å². The average Bonchev–Trinajstić information content (AvgIpc) is 2.48. The molecule has 1 atom stereocenters. The second-order valence-corrected chi connectivity index (χ2v) is 3.58. The molecule has 1 unspecified atom stereocenters. The van der Waals surface area contributed by atoms with E-state index in [0.29, 0.717) is 0 Å². The number of hydrogen-bond acceptors (Lipinski definition) is 7. The third-order valence-electron chi connectivity index (χ3n) is 2.73. The number of hydrogen-bond donors (Lipinski definition) is 3. The van der Waals surface area contributed by atoms with E-state index in [1.165, 1.54) is 13.8 Å². The normalized spacial score (nSPS) is 18.4. The Morgan fingerprint density at radius 2 is 1.55 bits per heavy atom. The van der Waals surface area contributed by atoms with Crippen LogP contribution >= 0.6 is 0 Å². The van der Waals surface area contributed by atoms with Gasteiger partial charge < -0.3 is 31.2 Å². The zero-order valence-electron chi connectivity index (χ0n) is 10.6. The van der Waals surface area contributed by atoms with Gasteiger partial charge in [-0.25, -0.2) is 0 Å². The van der Waals surface area contributed by atoms with Gasteiger partial charge in [0.1, 0.15) is 0 Å². The molecule has 0 aliphatic heterocycles. The molecule has 13 heteroatoms. The van der Waals surface area contributed by atoms with Crippen molar-refractivity contribution in [2.45, 2.75) is 38.4 Å². The van der Waals surface area contributed by atoms with Gasteiger partial charge in [0.15, 0.2) is 5.28 Å². The third-order valence-corrected chi connectivity index (χ3v) is 2.73. The van der Waals surface area contributed by atoms with Gasteiger partial charge in [-0.2, -0.15) is 0 Å². The number of carbonyl (C=O) groups is 1. The van der Waals surface area contributed by atoms with Crippen molar-refractivity contribution in [3.05, 3.63) is 15.6 Å². The lowest BCUT2D eigenvalue weighted by Gasteiger charge is -2.22. The predicted octanol–water partition coefficient (Wildman–Crippen LogP) is 0.495. The Balaban J connectivity index is 6.08. The average molecular weight is 294 g/mol. The molecule has 0 saturated heterocycles. The third kappa shape index (κ3) is 2.65. The Morgan fingerprint density at radius 1 is 1.10 bits per heavy atom. The Morgan fingerprint density at radius 3 is 1.80 bits per heavy atom. The first-order valence-electron chi connectivity index (χ1n) is 5.37. The number of Topliss-reactive ketones (excluding diaryl/α,β-unsaturated/α-hetero) is 1. The van der Waals surface area contributed by atoms with Gasteiger partial charge in [-0.15, -0.1) is 0 Å². The first kappa shape index (κ1) is 17.3. The fourth-order valence-electron chi connectivity index (χ4n) is 1.63. The molecule has 0 amide bonds. The molecule has 0 rings (SSSR count). The summed E-state index contributed by atoms with van der Waals surface area (Å²) in [6.45, 7) is 2.53. The van der Waals surface area contributed by atoms with Crippen molar-refractivity contribution in [3.63, 3.8) is 0 Å². The molecule has 3 N–H and O–H groups in total. The summed E-state index contributed by atoms with van der Waals surface area (Å²) in [5, 5.41) is 66.1. The van der Waals surface area contributed by atoms with E-state index in [0.717, 1.165) is 0 Å². The van der Waals surface area contributed by atoms with Crippen LogP contribution in [0.1, 0.15) is 26.7 Å². The zero-order chi connectivity index (χ0) is 15.9. The minimum atomic E-state index is -2.81. The summed E-state index contributed by atoms with van der Waals surface area (Å²) < 4.78 is 0. The van der Waals surface area contributed by atoms with Crippen LogP contribution in [-0.4, -0.2) is 47.7 Å². The summed E-state index contributed by atoms with van der Waals surface area (Å²) in [5.41, 5.74) is -2.81. The van der Waals surface area contributed by atoms with Gasteiger partial charge in [-0.05, 0) is 4.86 Å². The molecule has 0 radical (unpaired) electrons. The first-order valence-corrected chi connectivity index (χ1v) is 5.37. The van der Waals surface area contributed by atoms with Gasteiger partial charge in [0.25, 0.3) is 6.04 Å². The van der Waals surface area contributed by atoms with E-state index in [1.54, 1.807) is 0 Å². The van der Waals surface area contributed by atoms with Gasteiger partial charge in [0, 0.05) is 16.1 Å². The molecule has 114 valence electrons. The Bertz CT molecular complexity index is 429. The summed E-state index contributed by atoms with van der Waals surface area (Å²) in [5.74, 6) is -1.36. The largest absolute Gasteiger partial charge is 0.597 e. The molecule has 0 fully saturated rings. The van der Waals surface area contributed by atoms with Crippen LogP contribution in [0.4, 0.5) is 0 Å². The Kier molecular flexibility index (Phi) is 6.05. The Labute approximate surface area is 112 Å². The lowest BCUT2D eigenvalue weighted by atomic mass is 9.95. The molecule has 0 aromatic heterocycles. The van der Waals surface area contributed by atoms with Crippen molar-refractivity contribution in [1.29, 1.82) is 0 Å². The van der Waals surface area contributed by atoms with E-state index in [2.05, 4.69) is 15.8 Å². The molecular weight excluding hydrogens is 280 g/mol. The molecule has 0 heterocycles. The number of carbonyl (C=O) groups excluding carboxylic acids is 1. The van der Waals surface area contributed by atoms with E-state index in [-0.39, 0.29) is 6.42 Å². The number of rotatable bonds is 7. The highest BCUT2D eigenvalue weighted by atomic mass is 16.6. The van der Waals surface area contributed by atoms with E-state index in [9.17, 15) is 20.4 Å². The van der Waals surface area contributed by atoms with Gasteiger partial charge in [-0.3, -0.25) is 4.79 Å². The molecule has 0 aromatic carbocycles. The highest BCUT2D eigenvalue weighted by Crippen LogP contribution is 2.23. The maximum atomic E-state index is 12.2. The number of nitrogens with zero attached hydrogens (tertiary/aromatic N) is 6. The van der Waals surface area contributed by atoms with Crippen molar-refractivity contribution in [1.82, 2.24) is 0 Å². The lowest BCUT2D eigenvalue weighted by Crippen LogP contribution is -2.58. The molecule has 0 aliphatic rings. The van der Waals surface area contributed by atoms with Gasteiger partial charge in [0.05, 0.1) is 6.42 Å². The summed E-state index contributed by atoms with van der Waals surface area (Å²) in [6, 6.07) is -1.73. The molecule has 20 heavy (non-hydrogen) atoms. The quantitative estimate of drug-likeness (QED) is 0.263. The van der Waals surface area contributed by atoms with E-state index in [1.807, 2.05) is 0 Å². The minimum Gasteiger partial charge on any atom is -0.597 e. The molecule has 0 aromatic rings. The fourth-order valence-corrected chi connectivity index (χ4v) is 1.63. The van der Waals surface area contributed by atoms with Crippen molar-refractivity contribution in [3.8, 4) is 0 Å². The van der Waals surface area contributed by atoms with E-state index in [4.69, 9.17) is 15.6 Å². The Hall–Kier alpha value is -2.73. The van der Waals surface area contributed by atoms with Gasteiger partial charge in [-0.1, -0.05) is 13.8 Å². The molecular formula is C7H14N6O7. The second-order valence-electron chi connectivity index (χ2n) is 3.58. The summed E-state index contributed by atoms with van der Waals surface area (Å²) >= 11 is 0. The van der Waals surface area contributed by atoms with Crippen LogP contribution in [0.15, 0.2) is 15.8 Å². The summed E-state index contributed by atoms with van der Waals surface area (Å²) in [7, 11) is 0. The molecule has 0 saturated carbocycles. The van der Waals surface area contributed by atoms with Crippen LogP contribution in [0, 0.1) is 15.6 Å². The van der Waals surface area contributed by atoms with Crippen molar-refractivity contribution >= 4 is 5.78 Å². The highest BCUT2D eigenvalue weighted by Gasteiger charge is 2.64. The van der Waals surface area contributed by atoms with Gasteiger partial charge in [0.2, 0.25) is 10.6 Å². The predicted molar refractivity (Wildman–Crippen MR) is 55.6 cm³/mol. The second kappa shape index (κ2) is 7.01. The lowest BCUT2D eigenvalue weighted by molar-refractivity contribution is -0.828. The SMILES string of the molecule is CCC(C(=O)C(CC)([N+]([O-])=NO)[N+]([O-])=NO)[N+]([O-])=NO. The highest BCUT2D eigenvalue weighted by molar-refractivity contribution is 5.89. The number of hydroxylamine groups is 3. The fraction of sp³-hybridized carbons (Fsp3) is 0.857. The van der Waals surface area contributed by atoms with Crippen molar-refractivity contribution in [2.24, 2.45) is 15.8 Å². The summed E-state index contributed by atoms with van der Waals surface area (Å²) in [6.07, 6.45) is -0.810. The van der Waals surface area contributed by atoms with Crippen LogP contribution < -0.4 is 0 Å². The maximum Gasteiger partial charge on any atom is 0.489 e. The first-order chi connectivity index (χ1) is 9.36. The van der Waals surface area contributed by atoms with Crippen LogP contribution in [-0.2, 0) is 4.79 Å². The minimum absolute atomic E-state index is 0.229. The molecule has 0 aliphatic carbocycles. The van der Waals surface area contributed by atoms with E-state index < -0.39 is 38.5 Å². The topological polar surface area (TPSA) is 193 Å². The summed E-state index contributed by atoms with van der Waals surface area (Å²) in [4.78, 5) is 10.4.